The van der Waals surface area contributed by atoms with Crippen molar-refractivity contribution in [1.29, 1.82) is 0 Å². The van der Waals surface area contributed by atoms with Crippen LogP contribution in [0, 0.1) is 0 Å². The molecule has 1 fully saturated rings. The van der Waals surface area contributed by atoms with E-state index < -0.39 is 0 Å². The van der Waals surface area contributed by atoms with Gasteiger partial charge in [0.15, 0.2) is 0 Å². The predicted molar refractivity (Wildman–Crippen MR) is 57.2 cm³/mol. The van der Waals surface area contributed by atoms with Crippen LogP contribution in [0.15, 0.2) is 0 Å². The molecule has 1 aliphatic carbocycles. The standard InChI is InChI=1S/C11H23NO2/c1-2-9(7-8-13)12-10-5-3-4-6-11(10)14/h9-14H,2-8H2,1H3/t9?,10-,11-/m0/s1. The van der Waals surface area contributed by atoms with Crippen molar-refractivity contribution in [2.24, 2.45) is 0 Å². The Kier molecular flexibility index (Phi) is 5.45. The Bertz CT molecular complexity index is 152. The van der Waals surface area contributed by atoms with E-state index in [1.165, 1.54) is 6.42 Å². The fourth-order valence-electron chi connectivity index (χ4n) is 2.17. The Balaban J connectivity index is 2.31. The van der Waals surface area contributed by atoms with Gasteiger partial charge in [0.2, 0.25) is 0 Å². The van der Waals surface area contributed by atoms with E-state index >= 15 is 0 Å². The van der Waals surface area contributed by atoms with E-state index in [1.54, 1.807) is 0 Å². The maximum Gasteiger partial charge on any atom is 0.0693 e. The monoisotopic (exact) mass is 201 g/mol. The Morgan fingerprint density at radius 3 is 2.64 bits per heavy atom. The fourth-order valence-corrected chi connectivity index (χ4v) is 2.17. The van der Waals surface area contributed by atoms with Crippen molar-refractivity contribution in [3.8, 4) is 0 Å². The van der Waals surface area contributed by atoms with Gasteiger partial charge in [0.05, 0.1) is 6.10 Å². The van der Waals surface area contributed by atoms with Crippen LogP contribution in [-0.2, 0) is 0 Å². The molecule has 14 heavy (non-hydrogen) atoms. The van der Waals surface area contributed by atoms with Gasteiger partial charge in [0.1, 0.15) is 0 Å². The third-order valence-corrected chi connectivity index (χ3v) is 3.15. The van der Waals surface area contributed by atoms with Crippen LogP contribution < -0.4 is 5.32 Å². The van der Waals surface area contributed by atoms with Crippen molar-refractivity contribution in [3.05, 3.63) is 0 Å². The Labute approximate surface area is 86.5 Å². The van der Waals surface area contributed by atoms with Crippen molar-refractivity contribution in [1.82, 2.24) is 5.32 Å². The molecule has 0 aromatic rings. The first kappa shape index (κ1) is 12.0. The number of hydrogen-bond acceptors (Lipinski definition) is 3. The lowest BCUT2D eigenvalue weighted by atomic mass is 9.91. The van der Waals surface area contributed by atoms with Crippen LogP contribution in [0.2, 0.25) is 0 Å². The lowest BCUT2D eigenvalue weighted by Gasteiger charge is -2.31. The summed E-state index contributed by atoms with van der Waals surface area (Å²) in [7, 11) is 0. The molecule has 3 atom stereocenters. The van der Waals surface area contributed by atoms with Gasteiger partial charge in [-0.2, -0.15) is 0 Å². The van der Waals surface area contributed by atoms with E-state index in [0.29, 0.717) is 6.04 Å². The molecule has 0 spiro atoms. The van der Waals surface area contributed by atoms with Gasteiger partial charge in [0.25, 0.3) is 0 Å². The zero-order chi connectivity index (χ0) is 10.4. The Morgan fingerprint density at radius 2 is 2.07 bits per heavy atom. The van der Waals surface area contributed by atoms with Crippen LogP contribution in [-0.4, -0.2) is 35.0 Å². The lowest BCUT2D eigenvalue weighted by molar-refractivity contribution is 0.0819. The molecule has 0 bridgehead atoms. The molecule has 0 heterocycles. The molecule has 1 rings (SSSR count). The van der Waals surface area contributed by atoms with Crippen molar-refractivity contribution < 1.29 is 10.2 Å². The summed E-state index contributed by atoms with van der Waals surface area (Å²) in [4.78, 5) is 0. The molecule has 0 amide bonds. The first-order valence-corrected chi connectivity index (χ1v) is 5.83. The van der Waals surface area contributed by atoms with Gasteiger partial charge in [-0.1, -0.05) is 19.8 Å². The summed E-state index contributed by atoms with van der Waals surface area (Å²) in [5.74, 6) is 0. The summed E-state index contributed by atoms with van der Waals surface area (Å²) in [5.41, 5.74) is 0. The largest absolute Gasteiger partial charge is 0.396 e. The van der Waals surface area contributed by atoms with Gasteiger partial charge in [-0.05, 0) is 25.7 Å². The average molecular weight is 201 g/mol. The van der Waals surface area contributed by atoms with E-state index in [4.69, 9.17) is 5.11 Å². The molecule has 1 saturated carbocycles. The minimum absolute atomic E-state index is 0.184. The van der Waals surface area contributed by atoms with Crippen molar-refractivity contribution in [2.45, 2.75) is 63.6 Å². The highest BCUT2D eigenvalue weighted by Crippen LogP contribution is 2.19. The first-order chi connectivity index (χ1) is 6.77. The number of rotatable bonds is 5. The van der Waals surface area contributed by atoms with Crippen LogP contribution in [0.25, 0.3) is 0 Å². The molecule has 0 aromatic heterocycles. The van der Waals surface area contributed by atoms with Crippen LogP contribution in [0.4, 0.5) is 0 Å². The summed E-state index contributed by atoms with van der Waals surface area (Å²) in [5, 5.41) is 22.1. The van der Waals surface area contributed by atoms with Gasteiger partial charge in [0, 0.05) is 18.7 Å². The molecule has 0 radical (unpaired) electrons. The second-order valence-corrected chi connectivity index (χ2v) is 4.24. The van der Waals surface area contributed by atoms with Gasteiger partial charge in [-0.25, -0.2) is 0 Å². The van der Waals surface area contributed by atoms with Crippen molar-refractivity contribution in [3.63, 3.8) is 0 Å². The molecule has 1 aliphatic rings. The molecule has 0 aliphatic heterocycles. The third-order valence-electron chi connectivity index (χ3n) is 3.15. The van der Waals surface area contributed by atoms with E-state index in [0.717, 1.165) is 32.1 Å². The van der Waals surface area contributed by atoms with E-state index in [2.05, 4.69) is 12.2 Å². The summed E-state index contributed by atoms with van der Waals surface area (Å²) in [6.07, 6.45) is 5.98. The van der Waals surface area contributed by atoms with Crippen LogP contribution >= 0.6 is 0 Å². The molecular weight excluding hydrogens is 178 g/mol. The molecule has 1 unspecified atom stereocenters. The maximum atomic E-state index is 9.76. The molecule has 84 valence electrons. The highest BCUT2D eigenvalue weighted by atomic mass is 16.3. The second-order valence-electron chi connectivity index (χ2n) is 4.24. The summed E-state index contributed by atoms with van der Waals surface area (Å²) in [6.45, 7) is 2.34. The highest BCUT2D eigenvalue weighted by molar-refractivity contribution is 4.83. The minimum atomic E-state index is -0.184. The summed E-state index contributed by atoms with van der Waals surface area (Å²) >= 11 is 0. The van der Waals surface area contributed by atoms with E-state index in [9.17, 15) is 5.11 Å². The normalized spacial score (nSPS) is 30.2. The van der Waals surface area contributed by atoms with E-state index in [-0.39, 0.29) is 18.8 Å². The Hall–Kier alpha value is -0.120. The smallest absolute Gasteiger partial charge is 0.0693 e. The topological polar surface area (TPSA) is 52.5 Å². The minimum Gasteiger partial charge on any atom is -0.396 e. The first-order valence-electron chi connectivity index (χ1n) is 5.83. The van der Waals surface area contributed by atoms with Crippen LogP contribution in [0.3, 0.4) is 0 Å². The van der Waals surface area contributed by atoms with Crippen molar-refractivity contribution >= 4 is 0 Å². The summed E-state index contributed by atoms with van der Waals surface area (Å²) in [6, 6.07) is 0.609. The third kappa shape index (κ3) is 3.56. The molecule has 0 aromatic carbocycles. The van der Waals surface area contributed by atoms with E-state index in [1.807, 2.05) is 0 Å². The van der Waals surface area contributed by atoms with Gasteiger partial charge in [-0.3, -0.25) is 0 Å². The number of aliphatic hydroxyl groups is 2. The lowest BCUT2D eigenvalue weighted by Crippen LogP contribution is -2.47. The quantitative estimate of drug-likeness (QED) is 0.623. The number of nitrogens with one attached hydrogen (secondary N) is 1. The summed E-state index contributed by atoms with van der Waals surface area (Å²) < 4.78 is 0. The highest BCUT2D eigenvalue weighted by Gasteiger charge is 2.24. The zero-order valence-electron chi connectivity index (χ0n) is 9.08. The predicted octanol–water partition coefficient (Wildman–Crippen LogP) is 1.04. The fraction of sp³-hybridized carbons (Fsp3) is 1.00. The number of aliphatic hydroxyl groups excluding tert-OH is 2. The average Bonchev–Trinajstić information content (AvgIpc) is 2.20. The van der Waals surface area contributed by atoms with Gasteiger partial charge >= 0.3 is 0 Å². The zero-order valence-corrected chi connectivity index (χ0v) is 9.08. The molecule has 3 nitrogen and oxygen atoms in total. The van der Waals surface area contributed by atoms with Gasteiger partial charge in [-0.15, -0.1) is 0 Å². The molecule has 0 saturated heterocycles. The number of hydrogen-bond donors (Lipinski definition) is 3. The second kappa shape index (κ2) is 6.38. The van der Waals surface area contributed by atoms with Crippen LogP contribution in [0.1, 0.15) is 45.4 Å². The maximum absolute atomic E-state index is 9.76. The SMILES string of the molecule is CCC(CCO)N[C@H]1CCCC[C@@H]1O. The molecular formula is C11H23NO2. The van der Waals surface area contributed by atoms with Crippen molar-refractivity contribution in [2.75, 3.05) is 6.61 Å². The Morgan fingerprint density at radius 1 is 1.36 bits per heavy atom. The molecule has 3 heteroatoms. The van der Waals surface area contributed by atoms with Crippen LogP contribution in [0.5, 0.6) is 0 Å². The van der Waals surface area contributed by atoms with Gasteiger partial charge < -0.3 is 15.5 Å². The molecule has 3 N–H and O–H groups in total.